The Kier molecular flexibility index (Phi) is 4.49. The first-order chi connectivity index (χ1) is 12.3. The third-order valence-corrected chi connectivity index (χ3v) is 6.52. The smallest absolute Gasteiger partial charge is 0.490 e. The first kappa shape index (κ1) is 18.1. The lowest BCUT2D eigenvalue weighted by Gasteiger charge is -2.40. The van der Waals surface area contributed by atoms with Crippen LogP contribution >= 0.6 is 0 Å². The van der Waals surface area contributed by atoms with Crippen LogP contribution in [0.5, 0.6) is 5.75 Å². The molecule has 0 bridgehead atoms. The molecule has 1 aromatic rings. The summed E-state index contributed by atoms with van der Waals surface area (Å²) in [7, 11) is -0.367. The van der Waals surface area contributed by atoms with E-state index >= 15 is 0 Å². The number of nitrogens with zero attached hydrogens (tertiary/aromatic N) is 1. The predicted octanol–water partition coefficient (Wildman–Crippen LogP) is 2.49. The van der Waals surface area contributed by atoms with E-state index in [1.54, 1.807) is 0 Å². The van der Waals surface area contributed by atoms with E-state index < -0.39 is 0 Å². The van der Waals surface area contributed by atoms with Gasteiger partial charge in [-0.2, -0.15) is 0 Å². The second-order valence-electron chi connectivity index (χ2n) is 8.82. The molecule has 0 unspecified atom stereocenters. The fourth-order valence-electron chi connectivity index (χ4n) is 4.13. The normalized spacial score (nSPS) is 30.0. The van der Waals surface area contributed by atoms with Gasteiger partial charge in [0.25, 0.3) is 0 Å². The van der Waals surface area contributed by atoms with E-state index in [-0.39, 0.29) is 24.4 Å². The lowest BCUT2D eigenvalue weighted by atomic mass is 9.78. The van der Waals surface area contributed by atoms with Gasteiger partial charge in [-0.3, -0.25) is 0 Å². The molecule has 1 N–H and O–H groups in total. The van der Waals surface area contributed by atoms with Crippen LogP contribution in [0.15, 0.2) is 18.2 Å². The highest BCUT2D eigenvalue weighted by molar-refractivity contribution is 6.62. The average molecular weight is 359 g/mol. The van der Waals surface area contributed by atoms with Crippen molar-refractivity contribution < 1.29 is 19.2 Å². The highest BCUT2D eigenvalue weighted by Crippen LogP contribution is 2.39. The summed E-state index contributed by atoms with van der Waals surface area (Å²) >= 11 is 0. The number of ether oxygens (including phenoxy) is 1. The van der Waals surface area contributed by atoms with Crippen molar-refractivity contribution in [1.82, 2.24) is 0 Å². The van der Waals surface area contributed by atoms with Gasteiger partial charge in [-0.15, -0.1) is 0 Å². The molecule has 142 valence electrons. The predicted molar refractivity (Wildman–Crippen MR) is 103 cm³/mol. The molecule has 2 heterocycles. The number of aliphatic hydroxyl groups excluding tert-OH is 1. The van der Waals surface area contributed by atoms with Gasteiger partial charge < -0.3 is 24.1 Å². The summed E-state index contributed by atoms with van der Waals surface area (Å²) in [5.41, 5.74) is 1.47. The van der Waals surface area contributed by atoms with Gasteiger partial charge in [0.15, 0.2) is 0 Å². The van der Waals surface area contributed by atoms with Crippen LogP contribution in [-0.2, 0) is 9.31 Å². The second-order valence-corrected chi connectivity index (χ2v) is 8.82. The molecule has 2 fully saturated rings. The number of anilines is 1. The van der Waals surface area contributed by atoms with Crippen molar-refractivity contribution in [1.29, 1.82) is 0 Å². The van der Waals surface area contributed by atoms with Gasteiger partial charge in [-0.05, 0) is 71.0 Å². The Hall–Kier alpha value is -1.24. The Morgan fingerprint density at radius 2 is 1.69 bits per heavy atom. The number of benzene rings is 1. The molecule has 0 amide bonds. The molecule has 0 atom stereocenters. The number of rotatable bonds is 2. The lowest BCUT2D eigenvalue weighted by Crippen LogP contribution is -2.44. The topological polar surface area (TPSA) is 51.2 Å². The standard InChI is InChI=1S/C20H30BNO4/c1-19(2)20(3,4)26-21(25-19)14-5-10-17-18(13-14)24-12-11-22(17)15-6-8-16(23)9-7-15/h5,10,13,15-16,23H,6-9,11-12H2,1-4H3/t15-,16-. The Balaban J connectivity index is 1.56. The molecular weight excluding hydrogens is 329 g/mol. The molecule has 4 rings (SSSR count). The van der Waals surface area contributed by atoms with Crippen LogP contribution in [0.25, 0.3) is 0 Å². The SMILES string of the molecule is CC1(C)OB(c2ccc3c(c2)OCCN3[C@H]2CC[C@H](O)CC2)OC1(C)C. The van der Waals surface area contributed by atoms with Crippen LogP contribution in [-0.4, -0.2) is 48.7 Å². The van der Waals surface area contributed by atoms with Crippen LogP contribution in [0.1, 0.15) is 53.4 Å². The first-order valence-electron chi connectivity index (χ1n) is 9.84. The molecule has 26 heavy (non-hydrogen) atoms. The molecule has 5 nitrogen and oxygen atoms in total. The minimum absolute atomic E-state index is 0.127. The molecule has 0 spiro atoms. The van der Waals surface area contributed by atoms with Crippen LogP contribution in [0, 0.1) is 0 Å². The third kappa shape index (κ3) is 3.12. The monoisotopic (exact) mass is 359 g/mol. The molecule has 3 aliphatic rings. The van der Waals surface area contributed by atoms with Crippen molar-refractivity contribution in [3.63, 3.8) is 0 Å². The van der Waals surface area contributed by atoms with Crippen molar-refractivity contribution in [3.8, 4) is 5.75 Å². The van der Waals surface area contributed by atoms with Gasteiger partial charge >= 0.3 is 7.12 Å². The van der Waals surface area contributed by atoms with Crippen LogP contribution in [0.3, 0.4) is 0 Å². The van der Waals surface area contributed by atoms with Gasteiger partial charge in [0.1, 0.15) is 12.4 Å². The Bertz CT molecular complexity index is 654. The Labute approximate surface area is 156 Å². The summed E-state index contributed by atoms with van der Waals surface area (Å²) in [6.45, 7) is 9.88. The second kappa shape index (κ2) is 6.43. The molecule has 6 heteroatoms. The third-order valence-electron chi connectivity index (χ3n) is 6.52. The summed E-state index contributed by atoms with van der Waals surface area (Å²) in [5.74, 6) is 0.912. The zero-order valence-corrected chi connectivity index (χ0v) is 16.3. The summed E-state index contributed by atoms with van der Waals surface area (Å²) in [6.07, 6.45) is 3.74. The van der Waals surface area contributed by atoms with E-state index in [0.29, 0.717) is 12.6 Å². The Morgan fingerprint density at radius 3 is 2.35 bits per heavy atom. The van der Waals surface area contributed by atoms with E-state index in [2.05, 4.69) is 50.8 Å². The molecule has 1 saturated heterocycles. The number of aliphatic hydroxyl groups is 1. The fourth-order valence-corrected chi connectivity index (χ4v) is 4.13. The number of fused-ring (bicyclic) bond motifs is 1. The molecule has 1 saturated carbocycles. The van der Waals surface area contributed by atoms with E-state index in [0.717, 1.165) is 49.1 Å². The van der Waals surface area contributed by atoms with E-state index in [9.17, 15) is 5.11 Å². The summed E-state index contributed by atoms with van der Waals surface area (Å²) in [5, 5.41) is 9.79. The van der Waals surface area contributed by atoms with E-state index in [4.69, 9.17) is 14.0 Å². The van der Waals surface area contributed by atoms with Crippen molar-refractivity contribution in [2.45, 2.75) is 76.7 Å². The van der Waals surface area contributed by atoms with Crippen molar-refractivity contribution in [2.24, 2.45) is 0 Å². The van der Waals surface area contributed by atoms with Crippen molar-refractivity contribution in [2.75, 3.05) is 18.1 Å². The zero-order valence-electron chi connectivity index (χ0n) is 16.3. The summed E-state index contributed by atoms with van der Waals surface area (Å²) in [6, 6.07) is 6.80. The van der Waals surface area contributed by atoms with Gasteiger partial charge in [0.2, 0.25) is 0 Å². The van der Waals surface area contributed by atoms with Crippen molar-refractivity contribution in [3.05, 3.63) is 18.2 Å². The average Bonchev–Trinajstić information content (AvgIpc) is 2.82. The van der Waals surface area contributed by atoms with Crippen LogP contribution < -0.4 is 15.1 Å². The van der Waals surface area contributed by atoms with E-state index in [1.807, 2.05) is 0 Å². The zero-order chi connectivity index (χ0) is 18.5. The molecule has 1 aliphatic carbocycles. The van der Waals surface area contributed by atoms with E-state index in [1.165, 1.54) is 0 Å². The fraction of sp³-hybridized carbons (Fsp3) is 0.700. The highest BCUT2D eigenvalue weighted by atomic mass is 16.7. The Morgan fingerprint density at radius 1 is 1.04 bits per heavy atom. The first-order valence-corrected chi connectivity index (χ1v) is 9.84. The quantitative estimate of drug-likeness (QED) is 0.823. The minimum Gasteiger partial charge on any atom is -0.490 e. The molecule has 1 aromatic carbocycles. The van der Waals surface area contributed by atoms with Crippen molar-refractivity contribution >= 4 is 18.3 Å². The van der Waals surface area contributed by atoms with Gasteiger partial charge in [0, 0.05) is 6.04 Å². The maximum absolute atomic E-state index is 9.79. The molecule has 0 radical (unpaired) electrons. The molecular formula is C20H30BNO4. The summed E-state index contributed by atoms with van der Waals surface area (Å²) in [4.78, 5) is 2.46. The maximum Gasteiger partial charge on any atom is 0.494 e. The highest BCUT2D eigenvalue weighted by Gasteiger charge is 2.51. The number of hydrogen-bond acceptors (Lipinski definition) is 5. The molecule has 2 aliphatic heterocycles. The van der Waals surface area contributed by atoms with Gasteiger partial charge in [0.05, 0.1) is 29.5 Å². The van der Waals surface area contributed by atoms with Crippen LogP contribution in [0.4, 0.5) is 5.69 Å². The molecule has 0 aromatic heterocycles. The van der Waals surface area contributed by atoms with Crippen LogP contribution in [0.2, 0.25) is 0 Å². The summed E-state index contributed by atoms with van der Waals surface area (Å²) < 4.78 is 18.3. The van der Waals surface area contributed by atoms with Gasteiger partial charge in [-0.25, -0.2) is 0 Å². The minimum atomic E-state index is -0.367. The maximum atomic E-state index is 9.79. The van der Waals surface area contributed by atoms with Gasteiger partial charge in [-0.1, -0.05) is 6.07 Å². The lowest BCUT2D eigenvalue weighted by molar-refractivity contribution is 0.00578. The number of hydrogen-bond donors (Lipinski definition) is 1. The largest absolute Gasteiger partial charge is 0.494 e.